The standard InChI is InChI=1S/C29H35NO5/c1-18-9-7-13-22(31)15-16-25(32)35-29-23(14-8-10-18)27(33)20(3)19(2)26(29)24(30-28(29)34)17-21-11-5-4-6-12-21/h4-6,11-12,14-16,18-19,22,24,26,31H,3,7-10,13,17H2,1-2H3,(H,30,34)/t18-,19-,22-,24+,26?,29?/m1/s1. The summed E-state index contributed by atoms with van der Waals surface area (Å²) in [6.07, 6.45) is 7.90. The van der Waals surface area contributed by atoms with Crippen LogP contribution in [0.2, 0.25) is 0 Å². The molecule has 1 spiro atoms. The Labute approximate surface area is 207 Å². The molecule has 1 aromatic rings. The Morgan fingerprint density at radius 2 is 1.86 bits per heavy atom. The van der Waals surface area contributed by atoms with Crippen molar-refractivity contribution < 1.29 is 24.2 Å². The highest BCUT2D eigenvalue weighted by Gasteiger charge is 2.66. The van der Waals surface area contributed by atoms with E-state index in [1.165, 1.54) is 12.2 Å². The van der Waals surface area contributed by atoms with Crippen LogP contribution in [0.3, 0.4) is 0 Å². The topological polar surface area (TPSA) is 92.7 Å². The third-order valence-corrected chi connectivity index (χ3v) is 7.80. The van der Waals surface area contributed by atoms with E-state index in [2.05, 4.69) is 18.8 Å². The monoisotopic (exact) mass is 477 g/mol. The first-order valence-electron chi connectivity index (χ1n) is 12.6. The van der Waals surface area contributed by atoms with Crippen LogP contribution < -0.4 is 5.32 Å². The van der Waals surface area contributed by atoms with E-state index in [4.69, 9.17) is 4.74 Å². The number of rotatable bonds is 2. The molecule has 3 aliphatic rings. The molecule has 6 atom stereocenters. The lowest BCUT2D eigenvalue weighted by Gasteiger charge is -2.43. The van der Waals surface area contributed by atoms with Crippen LogP contribution in [0.5, 0.6) is 0 Å². The number of benzene rings is 1. The van der Waals surface area contributed by atoms with Gasteiger partial charge in [-0.25, -0.2) is 4.79 Å². The van der Waals surface area contributed by atoms with Crippen molar-refractivity contribution in [1.29, 1.82) is 0 Å². The summed E-state index contributed by atoms with van der Waals surface area (Å²) in [6, 6.07) is 9.47. The van der Waals surface area contributed by atoms with E-state index in [1.807, 2.05) is 37.3 Å². The first-order valence-corrected chi connectivity index (χ1v) is 12.6. The van der Waals surface area contributed by atoms with E-state index < -0.39 is 29.5 Å². The number of hydrogen-bond acceptors (Lipinski definition) is 5. The summed E-state index contributed by atoms with van der Waals surface area (Å²) in [6.45, 7) is 8.10. The van der Waals surface area contributed by atoms with Crippen LogP contribution >= 0.6 is 0 Å². The molecule has 186 valence electrons. The zero-order valence-electron chi connectivity index (χ0n) is 20.5. The number of allylic oxidation sites excluding steroid dienone is 2. The van der Waals surface area contributed by atoms with Crippen molar-refractivity contribution in [2.24, 2.45) is 17.8 Å². The van der Waals surface area contributed by atoms with Gasteiger partial charge in [0.05, 0.1) is 6.10 Å². The number of esters is 1. The third kappa shape index (κ3) is 4.90. The largest absolute Gasteiger partial charge is 0.440 e. The van der Waals surface area contributed by atoms with Crippen LogP contribution in [-0.2, 0) is 25.5 Å². The van der Waals surface area contributed by atoms with Gasteiger partial charge in [-0.05, 0) is 54.7 Å². The van der Waals surface area contributed by atoms with E-state index >= 15 is 0 Å². The number of Topliss-reactive ketones (excluding diaryl/α,β-unsaturated/α-hetero) is 1. The molecular weight excluding hydrogens is 442 g/mol. The van der Waals surface area contributed by atoms with E-state index in [-0.39, 0.29) is 23.3 Å². The van der Waals surface area contributed by atoms with E-state index in [1.54, 1.807) is 6.08 Å². The van der Waals surface area contributed by atoms with Gasteiger partial charge in [-0.2, -0.15) is 0 Å². The van der Waals surface area contributed by atoms with Gasteiger partial charge in [0.25, 0.3) is 5.91 Å². The van der Waals surface area contributed by atoms with Crippen molar-refractivity contribution in [1.82, 2.24) is 5.32 Å². The molecule has 2 N–H and O–H groups in total. The normalized spacial score (nSPS) is 34.3. The minimum absolute atomic E-state index is 0.213. The SMILES string of the molecule is C=C1C(=O)C2=CCC[C@H](C)CCC[C@@H](O)C=CC(=O)OC23C(=O)N[C@@H](Cc2ccccc2)C3[C@@H]1C. The zero-order valence-corrected chi connectivity index (χ0v) is 20.5. The predicted molar refractivity (Wildman–Crippen MR) is 133 cm³/mol. The summed E-state index contributed by atoms with van der Waals surface area (Å²) < 4.78 is 5.98. The van der Waals surface area contributed by atoms with Crippen LogP contribution in [-0.4, -0.2) is 40.5 Å². The fourth-order valence-corrected chi connectivity index (χ4v) is 5.84. The van der Waals surface area contributed by atoms with Crippen molar-refractivity contribution in [2.45, 2.75) is 70.1 Å². The van der Waals surface area contributed by atoms with Crippen molar-refractivity contribution in [3.63, 3.8) is 0 Å². The number of carbonyl (C=O) groups excluding carboxylic acids is 3. The summed E-state index contributed by atoms with van der Waals surface area (Å²) in [5, 5.41) is 13.3. The summed E-state index contributed by atoms with van der Waals surface area (Å²) in [7, 11) is 0. The van der Waals surface area contributed by atoms with Crippen molar-refractivity contribution in [2.75, 3.05) is 0 Å². The predicted octanol–water partition coefficient (Wildman–Crippen LogP) is 3.84. The minimum atomic E-state index is -1.73. The number of amides is 1. The first kappa shape index (κ1) is 25.1. The number of ketones is 1. The van der Waals surface area contributed by atoms with Gasteiger partial charge < -0.3 is 15.2 Å². The number of hydrogen-bond donors (Lipinski definition) is 2. The molecule has 4 rings (SSSR count). The molecule has 6 heteroatoms. The van der Waals surface area contributed by atoms with Crippen LogP contribution in [0.25, 0.3) is 0 Å². The molecular formula is C29H35NO5. The highest BCUT2D eigenvalue weighted by atomic mass is 16.6. The molecule has 1 aliphatic carbocycles. The van der Waals surface area contributed by atoms with Crippen LogP contribution in [0.4, 0.5) is 0 Å². The fourth-order valence-electron chi connectivity index (χ4n) is 5.84. The molecule has 0 bridgehead atoms. The molecule has 0 radical (unpaired) electrons. The molecule has 1 saturated heterocycles. The zero-order chi connectivity index (χ0) is 25.2. The maximum Gasteiger partial charge on any atom is 0.331 e. The van der Waals surface area contributed by atoms with E-state index in [0.717, 1.165) is 24.8 Å². The number of nitrogens with one attached hydrogen (secondary N) is 1. The fraction of sp³-hybridized carbons (Fsp3) is 0.483. The van der Waals surface area contributed by atoms with Gasteiger partial charge in [-0.1, -0.05) is 69.7 Å². The highest BCUT2D eigenvalue weighted by Crippen LogP contribution is 2.50. The third-order valence-electron chi connectivity index (χ3n) is 7.80. The second-order valence-electron chi connectivity index (χ2n) is 10.3. The maximum atomic E-state index is 13.7. The molecule has 2 heterocycles. The van der Waals surface area contributed by atoms with Gasteiger partial charge in [0.1, 0.15) is 0 Å². The van der Waals surface area contributed by atoms with Gasteiger partial charge in [-0.15, -0.1) is 0 Å². The molecule has 2 aliphatic heterocycles. The van der Waals surface area contributed by atoms with Crippen molar-refractivity contribution in [3.8, 4) is 0 Å². The quantitative estimate of drug-likeness (QED) is 0.499. The van der Waals surface area contributed by atoms with Gasteiger partial charge in [0.15, 0.2) is 5.78 Å². The Morgan fingerprint density at radius 3 is 2.60 bits per heavy atom. The number of ether oxygens (including phenoxy) is 1. The van der Waals surface area contributed by atoms with Gasteiger partial charge in [0.2, 0.25) is 5.60 Å². The number of aliphatic hydroxyl groups excluding tert-OH is 1. The van der Waals surface area contributed by atoms with Crippen LogP contribution in [0.1, 0.15) is 51.5 Å². The molecule has 1 amide bonds. The summed E-state index contributed by atoms with van der Waals surface area (Å²) in [5.41, 5.74) is -0.0383. The summed E-state index contributed by atoms with van der Waals surface area (Å²) in [5.74, 6) is -1.99. The molecule has 2 fully saturated rings. The molecule has 6 nitrogen and oxygen atoms in total. The summed E-state index contributed by atoms with van der Waals surface area (Å²) >= 11 is 0. The van der Waals surface area contributed by atoms with Crippen LogP contribution in [0.15, 0.2) is 66.3 Å². The summed E-state index contributed by atoms with van der Waals surface area (Å²) in [4.78, 5) is 40.2. The van der Waals surface area contributed by atoms with Gasteiger partial charge >= 0.3 is 5.97 Å². The van der Waals surface area contributed by atoms with E-state index in [0.29, 0.717) is 30.8 Å². The molecule has 1 saturated carbocycles. The Kier molecular flexibility index (Phi) is 7.41. The minimum Gasteiger partial charge on any atom is -0.440 e. The Balaban J connectivity index is 1.80. The smallest absolute Gasteiger partial charge is 0.331 e. The first-order chi connectivity index (χ1) is 16.7. The lowest BCUT2D eigenvalue weighted by molar-refractivity contribution is -0.164. The van der Waals surface area contributed by atoms with Crippen molar-refractivity contribution in [3.05, 3.63) is 71.8 Å². The Hall–Kier alpha value is -2.99. The molecule has 1 aromatic carbocycles. The molecule has 0 aromatic heterocycles. The number of aliphatic hydroxyl groups is 1. The molecule has 35 heavy (non-hydrogen) atoms. The maximum absolute atomic E-state index is 13.7. The average molecular weight is 478 g/mol. The second kappa shape index (κ2) is 10.3. The van der Waals surface area contributed by atoms with Gasteiger partial charge in [0, 0.05) is 23.6 Å². The van der Waals surface area contributed by atoms with Crippen molar-refractivity contribution >= 4 is 17.7 Å². The lowest BCUT2D eigenvalue weighted by atomic mass is 9.62. The lowest BCUT2D eigenvalue weighted by Crippen LogP contribution is -2.56. The number of carbonyl (C=O) groups is 3. The molecule has 2 unspecified atom stereocenters. The highest BCUT2D eigenvalue weighted by molar-refractivity contribution is 6.17. The van der Waals surface area contributed by atoms with Crippen LogP contribution in [0, 0.1) is 17.8 Å². The second-order valence-corrected chi connectivity index (χ2v) is 10.3. The Bertz CT molecular complexity index is 1060. The average Bonchev–Trinajstić information content (AvgIpc) is 3.09. The Morgan fingerprint density at radius 1 is 1.11 bits per heavy atom. The van der Waals surface area contributed by atoms with E-state index in [9.17, 15) is 19.5 Å². The van der Waals surface area contributed by atoms with Gasteiger partial charge in [-0.3, -0.25) is 9.59 Å².